The van der Waals surface area contributed by atoms with Crippen molar-refractivity contribution in [3.05, 3.63) is 0 Å². The SMILES string of the molecule is CC(C)CC(C)(O)C#CC(C)(O)C(C)C. The van der Waals surface area contributed by atoms with E-state index >= 15 is 0 Å². The Morgan fingerprint density at radius 2 is 1.47 bits per heavy atom. The van der Waals surface area contributed by atoms with Gasteiger partial charge < -0.3 is 10.2 Å². The van der Waals surface area contributed by atoms with Crippen LogP contribution < -0.4 is 0 Å². The zero-order chi connectivity index (χ0) is 12.3. The first-order valence-corrected chi connectivity index (χ1v) is 5.56. The summed E-state index contributed by atoms with van der Waals surface area (Å²) < 4.78 is 0. The van der Waals surface area contributed by atoms with E-state index in [2.05, 4.69) is 11.8 Å². The van der Waals surface area contributed by atoms with Crippen molar-refractivity contribution < 1.29 is 10.2 Å². The molecule has 0 amide bonds. The third-order valence-electron chi connectivity index (χ3n) is 2.51. The van der Waals surface area contributed by atoms with E-state index in [4.69, 9.17) is 0 Å². The van der Waals surface area contributed by atoms with Crippen molar-refractivity contribution in [1.29, 1.82) is 0 Å². The minimum atomic E-state index is -1.03. The third kappa shape index (κ3) is 5.81. The first-order valence-electron chi connectivity index (χ1n) is 5.56. The molecule has 2 N–H and O–H groups in total. The molecule has 2 unspecified atom stereocenters. The summed E-state index contributed by atoms with van der Waals surface area (Å²) in [4.78, 5) is 0. The highest BCUT2D eigenvalue weighted by Crippen LogP contribution is 2.18. The number of rotatable bonds is 3. The number of hydrogen-bond donors (Lipinski definition) is 2. The topological polar surface area (TPSA) is 40.5 Å². The van der Waals surface area contributed by atoms with Crippen LogP contribution in [0.2, 0.25) is 0 Å². The summed E-state index contributed by atoms with van der Waals surface area (Å²) in [5.74, 6) is 5.97. The monoisotopic (exact) mass is 212 g/mol. The molecule has 0 aliphatic rings. The molecule has 88 valence electrons. The summed E-state index contributed by atoms with van der Waals surface area (Å²) in [6, 6.07) is 0. The fraction of sp³-hybridized carbons (Fsp3) is 0.846. The van der Waals surface area contributed by atoms with Gasteiger partial charge in [0.15, 0.2) is 0 Å². The summed E-state index contributed by atoms with van der Waals surface area (Å²) in [6.45, 7) is 11.3. The average molecular weight is 212 g/mol. The van der Waals surface area contributed by atoms with E-state index in [-0.39, 0.29) is 5.92 Å². The quantitative estimate of drug-likeness (QED) is 0.704. The Morgan fingerprint density at radius 3 is 1.80 bits per heavy atom. The van der Waals surface area contributed by atoms with Gasteiger partial charge in [-0.3, -0.25) is 0 Å². The number of hydrogen-bond acceptors (Lipinski definition) is 2. The minimum Gasteiger partial charge on any atom is -0.378 e. The van der Waals surface area contributed by atoms with Gasteiger partial charge in [0.1, 0.15) is 11.2 Å². The molecular formula is C13H24O2. The second-order valence-electron chi connectivity index (χ2n) is 5.42. The molecule has 0 aromatic heterocycles. The normalized spacial score (nSPS) is 19.3. The molecule has 0 heterocycles. The fourth-order valence-corrected chi connectivity index (χ4v) is 1.25. The van der Waals surface area contributed by atoms with Crippen molar-refractivity contribution in [3.8, 4) is 11.8 Å². The maximum absolute atomic E-state index is 9.95. The van der Waals surface area contributed by atoms with Gasteiger partial charge in [-0.1, -0.05) is 39.5 Å². The van der Waals surface area contributed by atoms with Crippen LogP contribution in [-0.4, -0.2) is 21.4 Å². The first-order chi connectivity index (χ1) is 6.57. The average Bonchev–Trinajstić information content (AvgIpc) is 1.98. The van der Waals surface area contributed by atoms with Crippen LogP contribution in [-0.2, 0) is 0 Å². The molecule has 0 aliphatic heterocycles. The Bertz CT molecular complexity index is 251. The van der Waals surface area contributed by atoms with Crippen molar-refractivity contribution in [2.45, 2.75) is 59.2 Å². The molecule has 15 heavy (non-hydrogen) atoms. The zero-order valence-electron chi connectivity index (χ0n) is 10.8. The lowest BCUT2D eigenvalue weighted by Gasteiger charge is -2.23. The van der Waals surface area contributed by atoms with E-state index in [1.165, 1.54) is 0 Å². The van der Waals surface area contributed by atoms with Crippen molar-refractivity contribution in [2.24, 2.45) is 11.8 Å². The molecule has 0 spiro atoms. The molecule has 2 atom stereocenters. The van der Waals surface area contributed by atoms with Crippen LogP contribution in [0.3, 0.4) is 0 Å². The largest absolute Gasteiger partial charge is 0.378 e. The van der Waals surface area contributed by atoms with Gasteiger partial charge in [-0.25, -0.2) is 0 Å². The lowest BCUT2D eigenvalue weighted by atomic mass is 9.90. The van der Waals surface area contributed by atoms with E-state index in [9.17, 15) is 10.2 Å². The molecule has 0 aromatic carbocycles. The van der Waals surface area contributed by atoms with Crippen molar-refractivity contribution in [1.82, 2.24) is 0 Å². The highest BCUT2D eigenvalue weighted by atomic mass is 16.3. The molecule has 0 aromatic rings. The van der Waals surface area contributed by atoms with Crippen molar-refractivity contribution in [3.63, 3.8) is 0 Å². The Kier molecular flexibility index (Phi) is 4.83. The zero-order valence-corrected chi connectivity index (χ0v) is 10.8. The van der Waals surface area contributed by atoms with E-state index < -0.39 is 11.2 Å². The molecule has 0 fully saturated rings. The van der Waals surface area contributed by atoms with Crippen LogP contribution in [0.1, 0.15) is 48.0 Å². The summed E-state index contributed by atoms with van der Waals surface area (Å²) in [5, 5.41) is 19.8. The Labute approximate surface area is 93.7 Å². The smallest absolute Gasteiger partial charge is 0.125 e. The van der Waals surface area contributed by atoms with Gasteiger partial charge in [-0.2, -0.15) is 0 Å². The molecule has 0 rings (SSSR count). The maximum Gasteiger partial charge on any atom is 0.125 e. The second kappa shape index (κ2) is 5.01. The Morgan fingerprint density at radius 1 is 1.00 bits per heavy atom. The highest BCUT2D eigenvalue weighted by Gasteiger charge is 2.24. The van der Waals surface area contributed by atoms with Crippen LogP contribution >= 0.6 is 0 Å². The van der Waals surface area contributed by atoms with Gasteiger partial charge in [0.2, 0.25) is 0 Å². The molecule has 2 nitrogen and oxygen atoms in total. The predicted molar refractivity (Wildman–Crippen MR) is 63.3 cm³/mol. The molecule has 0 aliphatic carbocycles. The van der Waals surface area contributed by atoms with Crippen LogP contribution in [0.5, 0.6) is 0 Å². The summed E-state index contributed by atoms with van der Waals surface area (Å²) in [5.41, 5.74) is -2.03. The molecule has 0 bridgehead atoms. The van der Waals surface area contributed by atoms with E-state index in [0.717, 1.165) is 0 Å². The summed E-state index contributed by atoms with van der Waals surface area (Å²) >= 11 is 0. The van der Waals surface area contributed by atoms with Crippen LogP contribution in [0.15, 0.2) is 0 Å². The maximum atomic E-state index is 9.95. The van der Waals surface area contributed by atoms with Gasteiger partial charge in [0.25, 0.3) is 0 Å². The van der Waals surface area contributed by atoms with Gasteiger partial charge in [0, 0.05) is 0 Å². The third-order valence-corrected chi connectivity index (χ3v) is 2.51. The molecular weight excluding hydrogens is 188 g/mol. The van der Waals surface area contributed by atoms with Gasteiger partial charge in [0.05, 0.1) is 0 Å². The molecule has 0 saturated heterocycles. The van der Waals surface area contributed by atoms with Crippen molar-refractivity contribution in [2.75, 3.05) is 0 Å². The van der Waals surface area contributed by atoms with Gasteiger partial charge in [-0.15, -0.1) is 0 Å². The Hall–Kier alpha value is -0.520. The first kappa shape index (κ1) is 14.5. The highest BCUT2D eigenvalue weighted by molar-refractivity contribution is 5.20. The number of aliphatic hydroxyl groups is 2. The molecule has 2 heteroatoms. The Balaban J connectivity index is 4.64. The standard InChI is InChI=1S/C13H24O2/c1-10(2)9-12(5,14)7-8-13(6,15)11(3)4/h10-11,14-15H,9H2,1-6H3. The van der Waals surface area contributed by atoms with Crippen molar-refractivity contribution >= 4 is 0 Å². The predicted octanol–water partition coefficient (Wildman–Crippen LogP) is 2.19. The molecule has 0 radical (unpaired) electrons. The van der Waals surface area contributed by atoms with E-state index in [1.54, 1.807) is 13.8 Å². The summed E-state index contributed by atoms with van der Waals surface area (Å²) in [6.07, 6.45) is 0.619. The van der Waals surface area contributed by atoms with Crippen LogP contribution in [0.25, 0.3) is 0 Å². The molecule has 0 saturated carbocycles. The van der Waals surface area contributed by atoms with E-state index in [0.29, 0.717) is 12.3 Å². The lowest BCUT2D eigenvalue weighted by Crippen LogP contribution is -2.31. The summed E-state index contributed by atoms with van der Waals surface area (Å²) in [7, 11) is 0. The van der Waals surface area contributed by atoms with Crippen LogP contribution in [0, 0.1) is 23.7 Å². The fourth-order valence-electron chi connectivity index (χ4n) is 1.25. The minimum absolute atomic E-state index is 0.0554. The second-order valence-corrected chi connectivity index (χ2v) is 5.42. The lowest BCUT2D eigenvalue weighted by molar-refractivity contribution is 0.0681. The van der Waals surface area contributed by atoms with Crippen LogP contribution in [0.4, 0.5) is 0 Å². The van der Waals surface area contributed by atoms with E-state index in [1.807, 2.05) is 27.7 Å². The van der Waals surface area contributed by atoms with Gasteiger partial charge in [-0.05, 0) is 32.1 Å². The van der Waals surface area contributed by atoms with Gasteiger partial charge >= 0.3 is 0 Å².